The Bertz CT molecular complexity index is 397. The lowest BCUT2D eigenvalue weighted by Gasteiger charge is -2.46. The van der Waals surface area contributed by atoms with E-state index in [1.165, 1.54) is 12.7 Å². The minimum absolute atomic E-state index is 0.114. The van der Waals surface area contributed by atoms with Crippen molar-refractivity contribution in [2.75, 3.05) is 7.11 Å². The molecule has 0 heterocycles. The summed E-state index contributed by atoms with van der Waals surface area (Å²) in [6.07, 6.45) is 6.13. The molecule has 2 aliphatic rings. The maximum Gasteiger partial charge on any atom is 0.306 e. The van der Waals surface area contributed by atoms with Crippen molar-refractivity contribution in [2.45, 2.75) is 46.0 Å². The smallest absolute Gasteiger partial charge is 0.306 e. The van der Waals surface area contributed by atoms with E-state index in [9.17, 15) is 9.59 Å². The Morgan fingerprint density at radius 1 is 1.56 bits per heavy atom. The van der Waals surface area contributed by atoms with E-state index in [0.717, 1.165) is 19.3 Å². The second-order valence-corrected chi connectivity index (χ2v) is 6.05. The van der Waals surface area contributed by atoms with E-state index in [4.69, 9.17) is 0 Å². The van der Waals surface area contributed by atoms with Crippen LogP contribution in [0, 0.1) is 17.3 Å². The van der Waals surface area contributed by atoms with Crippen molar-refractivity contribution in [3.63, 3.8) is 0 Å². The molecule has 18 heavy (non-hydrogen) atoms. The summed E-state index contributed by atoms with van der Waals surface area (Å²) in [5, 5.41) is 0. The summed E-state index contributed by atoms with van der Waals surface area (Å²) in [5.41, 5.74) is 1.51. The van der Waals surface area contributed by atoms with E-state index in [-0.39, 0.29) is 29.5 Å². The molecular weight excluding hydrogens is 228 g/mol. The minimum atomic E-state index is -0.269. The van der Waals surface area contributed by atoms with Gasteiger partial charge in [0.15, 0.2) is 0 Å². The van der Waals surface area contributed by atoms with E-state index >= 15 is 0 Å². The van der Waals surface area contributed by atoms with Gasteiger partial charge in [-0.2, -0.15) is 0 Å². The molecule has 0 aromatic carbocycles. The Kier molecular flexibility index (Phi) is 3.60. The molecule has 1 fully saturated rings. The fourth-order valence-electron chi connectivity index (χ4n) is 3.62. The van der Waals surface area contributed by atoms with Crippen LogP contribution in [0.2, 0.25) is 0 Å². The molecule has 100 valence electrons. The van der Waals surface area contributed by atoms with Gasteiger partial charge in [-0.25, -0.2) is 0 Å². The Hall–Kier alpha value is -1.12. The molecule has 2 rings (SSSR count). The van der Waals surface area contributed by atoms with Crippen LogP contribution in [0.25, 0.3) is 0 Å². The van der Waals surface area contributed by atoms with Crippen molar-refractivity contribution in [3.05, 3.63) is 11.6 Å². The van der Waals surface area contributed by atoms with Crippen LogP contribution in [0.1, 0.15) is 46.0 Å². The molecule has 0 N–H and O–H groups in total. The molecule has 0 amide bonds. The van der Waals surface area contributed by atoms with Crippen LogP contribution < -0.4 is 0 Å². The van der Waals surface area contributed by atoms with Crippen LogP contribution in [0.5, 0.6) is 0 Å². The number of fused-ring (bicyclic) bond motifs is 1. The zero-order chi connectivity index (χ0) is 13.3. The molecule has 1 saturated carbocycles. The predicted octanol–water partition coefficient (Wildman–Crippen LogP) is 2.89. The molecule has 0 spiro atoms. The number of ketones is 1. The highest BCUT2D eigenvalue weighted by atomic mass is 16.5. The van der Waals surface area contributed by atoms with Crippen LogP contribution in [0.15, 0.2) is 11.6 Å². The Morgan fingerprint density at radius 2 is 2.28 bits per heavy atom. The van der Waals surface area contributed by atoms with Crippen LogP contribution >= 0.6 is 0 Å². The molecule has 0 aromatic heterocycles. The first-order valence-electron chi connectivity index (χ1n) is 6.72. The maximum absolute atomic E-state index is 12.2. The van der Waals surface area contributed by atoms with Gasteiger partial charge >= 0.3 is 5.97 Å². The fourth-order valence-corrected chi connectivity index (χ4v) is 3.62. The first kappa shape index (κ1) is 13.3. The summed E-state index contributed by atoms with van der Waals surface area (Å²) in [6.45, 7) is 4.38. The number of ether oxygens (including phenoxy) is 1. The highest BCUT2D eigenvalue weighted by molar-refractivity contribution is 5.86. The molecule has 0 saturated heterocycles. The molecule has 0 radical (unpaired) electrons. The lowest BCUT2D eigenvalue weighted by atomic mass is 9.57. The van der Waals surface area contributed by atoms with Crippen molar-refractivity contribution in [1.82, 2.24) is 0 Å². The van der Waals surface area contributed by atoms with Crippen molar-refractivity contribution >= 4 is 11.8 Å². The number of methoxy groups -OCH3 is 1. The van der Waals surface area contributed by atoms with Crippen LogP contribution in [-0.2, 0) is 14.3 Å². The van der Waals surface area contributed by atoms with Crippen molar-refractivity contribution < 1.29 is 14.3 Å². The van der Waals surface area contributed by atoms with Gasteiger partial charge in [-0.15, -0.1) is 0 Å². The van der Waals surface area contributed by atoms with Crippen molar-refractivity contribution in [1.29, 1.82) is 0 Å². The van der Waals surface area contributed by atoms with Crippen molar-refractivity contribution in [3.8, 4) is 0 Å². The number of Topliss-reactive ketones (excluding diaryl/α,β-unsaturated/α-hetero) is 1. The monoisotopic (exact) mass is 250 g/mol. The SMILES string of the molecule is COC(=O)C[C@@H]1C[C@@H]2C(C)=CCC[C@@]2(C)CC1=O. The van der Waals surface area contributed by atoms with E-state index < -0.39 is 0 Å². The lowest BCUT2D eigenvalue weighted by molar-refractivity contribution is -0.146. The average molecular weight is 250 g/mol. The highest BCUT2D eigenvalue weighted by Gasteiger charge is 2.45. The largest absolute Gasteiger partial charge is 0.469 e. The predicted molar refractivity (Wildman–Crippen MR) is 69.0 cm³/mol. The number of esters is 1. The Morgan fingerprint density at radius 3 is 2.94 bits per heavy atom. The topological polar surface area (TPSA) is 43.4 Å². The summed E-state index contributed by atoms with van der Waals surface area (Å²) in [5.74, 6) is 0.291. The van der Waals surface area contributed by atoms with E-state index in [1.807, 2.05) is 0 Å². The molecule has 0 aliphatic heterocycles. The van der Waals surface area contributed by atoms with E-state index in [2.05, 4.69) is 24.7 Å². The van der Waals surface area contributed by atoms with Gasteiger partial charge < -0.3 is 4.74 Å². The molecule has 3 nitrogen and oxygen atoms in total. The van der Waals surface area contributed by atoms with Crippen LogP contribution in [-0.4, -0.2) is 18.9 Å². The molecule has 3 heteroatoms. The number of hydrogen-bond donors (Lipinski definition) is 0. The standard InChI is InChI=1S/C15H22O3/c1-10-5-4-6-15(2)9-13(16)11(7-12(10)15)8-14(17)18-3/h5,11-12H,4,6-9H2,1-3H3/t11-,12+,15-/m0/s1. The summed E-state index contributed by atoms with van der Waals surface area (Å²) < 4.78 is 4.68. The molecule has 0 unspecified atom stereocenters. The molecule has 3 atom stereocenters. The molecule has 2 aliphatic carbocycles. The number of hydrogen-bond acceptors (Lipinski definition) is 3. The third kappa shape index (κ3) is 2.36. The zero-order valence-electron chi connectivity index (χ0n) is 11.5. The molecular formula is C15H22O3. The van der Waals surface area contributed by atoms with Gasteiger partial charge in [-0.1, -0.05) is 18.6 Å². The third-order valence-electron chi connectivity index (χ3n) is 4.77. The summed E-state index contributed by atoms with van der Waals surface area (Å²) in [7, 11) is 1.38. The minimum Gasteiger partial charge on any atom is -0.469 e. The zero-order valence-corrected chi connectivity index (χ0v) is 11.5. The van der Waals surface area contributed by atoms with Gasteiger partial charge in [0.25, 0.3) is 0 Å². The second kappa shape index (κ2) is 4.87. The Balaban J connectivity index is 2.15. The quantitative estimate of drug-likeness (QED) is 0.559. The van der Waals surface area contributed by atoms with E-state index in [1.54, 1.807) is 0 Å². The highest BCUT2D eigenvalue weighted by Crippen LogP contribution is 2.51. The van der Waals surface area contributed by atoms with Crippen LogP contribution in [0.3, 0.4) is 0 Å². The fraction of sp³-hybridized carbons (Fsp3) is 0.733. The summed E-state index contributed by atoms with van der Waals surface area (Å²) in [6, 6.07) is 0. The molecule has 0 aromatic rings. The number of allylic oxidation sites excluding steroid dienone is 2. The Labute approximate surface area is 109 Å². The van der Waals surface area contributed by atoms with Crippen LogP contribution in [0.4, 0.5) is 0 Å². The third-order valence-corrected chi connectivity index (χ3v) is 4.77. The number of carbonyl (C=O) groups is 2. The first-order chi connectivity index (χ1) is 8.46. The lowest BCUT2D eigenvalue weighted by Crippen LogP contribution is -2.42. The number of rotatable bonds is 2. The maximum atomic E-state index is 12.2. The van der Waals surface area contributed by atoms with Gasteiger partial charge in [0, 0.05) is 12.3 Å². The first-order valence-corrected chi connectivity index (χ1v) is 6.72. The van der Waals surface area contributed by atoms with Gasteiger partial charge in [0.05, 0.1) is 13.5 Å². The second-order valence-electron chi connectivity index (χ2n) is 6.05. The molecule has 0 bridgehead atoms. The average Bonchev–Trinajstić information content (AvgIpc) is 2.31. The normalized spacial score (nSPS) is 35.7. The van der Waals surface area contributed by atoms with Crippen molar-refractivity contribution in [2.24, 2.45) is 17.3 Å². The number of carbonyl (C=O) groups excluding carboxylic acids is 2. The summed E-state index contributed by atoms with van der Waals surface area (Å²) in [4.78, 5) is 23.5. The van der Waals surface area contributed by atoms with Gasteiger partial charge in [0.1, 0.15) is 5.78 Å². The van der Waals surface area contributed by atoms with E-state index in [0.29, 0.717) is 12.3 Å². The van der Waals surface area contributed by atoms with Gasteiger partial charge in [-0.05, 0) is 37.5 Å². The van der Waals surface area contributed by atoms with Gasteiger partial charge in [0.2, 0.25) is 0 Å². The summed E-state index contributed by atoms with van der Waals surface area (Å²) >= 11 is 0. The van der Waals surface area contributed by atoms with Gasteiger partial charge in [-0.3, -0.25) is 9.59 Å².